The highest BCUT2D eigenvalue weighted by Crippen LogP contribution is 2.27. The average molecular weight is 272 g/mol. The molecule has 5 nitrogen and oxygen atoms in total. The van der Waals surface area contributed by atoms with Gasteiger partial charge in [0.1, 0.15) is 5.82 Å². The fourth-order valence-electron chi connectivity index (χ4n) is 2.14. The van der Waals surface area contributed by atoms with Gasteiger partial charge in [-0.05, 0) is 24.0 Å². The lowest BCUT2D eigenvalue weighted by Crippen LogP contribution is -2.05. The van der Waals surface area contributed by atoms with Crippen molar-refractivity contribution in [1.29, 1.82) is 0 Å². The minimum Gasteiger partial charge on any atom is -0.481 e. The number of hydrogen-bond donors (Lipinski definition) is 2. The first-order chi connectivity index (χ1) is 9.67. The second kappa shape index (κ2) is 6.23. The second-order valence-electron chi connectivity index (χ2n) is 4.44. The Morgan fingerprint density at radius 3 is 2.35 bits per heavy atom. The Labute approximate surface area is 119 Å². The van der Waals surface area contributed by atoms with Crippen molar-refractivity contribution in [3.63, 3.8) is 0 Å². The normalized spacial score (nSPS) is 10.3. The summed E-state index contributed by atoms with van der Waals surface area (Å²) < 4.78 is 5.12. The second-order valence-corrected chi connectivity index (χ2v) is 4.44. The molecule has 0 fully saturated rings. The summed E-state index contributed by atoms with van der Waals surface area (Å²) in [6, 6.07) is 8.05. The zero-order valence-corrected chi connectivity index (χ0v) is 12.1. The van der Waals surface area contributed by atoms with Gasteiger partial charge >= 0.3 is 0 Å². The number of para-hydroxylation sites is 1. The van der Waals surface area contributed by atoms with Crippen molar-refractivity contribution in [2.24, 2.45) is 0 Å². The van der Waals surface area contributed by atoms with Crippen molar-refractivity contribution in [2.45, 2.75) is 26.7 Å². The van der Waals surface area contributed by atoms with Crippen LogP contribution in [0.25, 0.3) is 0 Å². The highest BCUT2D eigenvalue weighted by Gasteiger charge is 2.09. The summed E-state index contributed by atoms with van der Waals surface area (Å²) in [5, 5.41) is 3.35. The van der Waals surface area contributed by atoms with E-state index in [1.54, 1.807) is 13.2 Å². The summed E-state index contributed by atoms with van der Waals surface area (Å²) in [6.07, 6.45) is 1.90. The molecule has 0 spiro atoms. The van der Waals surface area contributed by atoms with Crippen molar-refractivity contribution >= 4 is 17.5 Å². The van der Waals surface area contributed by atoms with E-state index in [0.29, 0.717) is 11.7 Å². The van der Waals surface area contributed by atoms with Gasteiger partial charge in [0.2, 0.25) is 11.8 Å². The molecule has 2 aromatic rings. The summed E-state index contributed by atoms with van der Waals surface area (Å²) in [5.41, 5.74) is 9.28. The van der Waals surface area contributed by atoms with Crippen LogP contribution < -0.4 is 15.8 Å². The summed E-state index contributed by atoms with van der Waals surface area (Å²) >= 11 is 0. The van der Waals surface area contributed by atoms with Gasteiger partial charge in [-0.3, -0.25) is 0 Å². The quantitative estimate of drug-likeness (QED) is 0.875. The highest BCUT2D eigenvalue weighted by atomic mass is 16.5. The third-order valence-corrected chi connectivity index (χ3v) is 3.18. The summed E-state index contributed by atoms with van der Waals surface area (Å²) in [4.78, 5) is 8.19. The zero-order valence-electron chi connectivity index (χ0n) is 12.1. The van der Waals surface area contributed by atoms with Crippen molar-refractivity contribution in [1.82, 2.24) is 9.97 Å². The molecule has 0 aliphatic heterocycles. The van der Waals surface area contributed by atoms with Gasteiger partial charge in [0, 0.05) is 11.8 Å². The molecular weight excluding hydrogens is 252 g/mol. The number of nitrogens with zero attached hydrogens (tertiary/aromatic N) is 2. The van der Waals surface area contributed by atoms with Crippen LogP contribution in [0.5, 0.6) is 5.88 Å². The highest BCUT2D eigenvalue weighted by molar-refractivity contribution is 5.66. The van der Waals surface area contributed by atoms with E-state index in [1.807, 2.05) is 0 Å². The molecule has 5 heteroatoms. The van der Waals surface area contributed by atoms with E-state index in [2.05, 4.69) is 47.3 Å². The number of benzene rings is 1. The van der Waals surface area contributed by atoms with Crippen LogP contribution in [0.4, 0.5) is 17.5 Å². The van der Waals surface area contributed by atoms with Gasteiger partial charge in [0.05, 0.1) is 7.11 Å². The molecule has 0 saturated heterocycles. The predicted octanol–water partition coefficient (Wildman–Crippen LogP) is 2.94. The lowest BCUT2D eigenvalue weighted by Gasteiger charge is -2.15. The number of anilines is 3. The smallest absolute Gasteiger partial charge is 0.225 e. The largest absolute Gasteiger partial charge is 0.481 e. The minimum atomic E-state index is 0.193. The fourth-order valence-corrected chi connectivity index (χ4v) is 2.14. The number of nitrogen functional groups attached to an aromatic ring is 1. The number of rotatable bonds is 5. The standard InChI is InChI=1S/C15H20N4O/c1-4-10-7-6-8-11(5-2)14(10)17-12-9-13(20-3)19-15(16)18-12/h6-9H,4-5H2,1-3H3,(H3,16,17,18,19). The van der Waals surface area contributed by atoms with Gasteiger partial charge in [-0.15, -0.1) is 0 Å². The maximum absolute atomic E-state index is 5.69. The molecule has 2 rings (SSSR count). The predicted molar refractivity (Wildman–Crippen MR) is 81.5 cm³/mol. The molecule has 0 bridgehead atoms. The van der Waals surface area contributed by atoms with Crippen LogP contribution in [0, 0.1) is 0 Å². The van der Waals surface area contributed by atoms with Crippen LogP contribution >= 0.6 is 0 Å². The molecule has 0 saturated carbocycles. The summed E-state index contributed by atoms with van der Waals surface area (Å²) in [5.74, 6) is 1.29. The van der Waals surface area contributed by atoms with Crippen molar-refractivity contribution in [2.75, 3.05) is 18.2 Å². The van der Waals surface area contributed by atoms with E-state index in [0.717, 1.165) is 18.5 Å². The number of aryl methyl sites for hydroxylation is 2. The Hall–Kier alpha value is -2.30. The Morgan fingerprint density at radius 2 is 1.80 bits per heavy atom. The molecule has 106 valence electrons. The first-order valence-corrected chi connectivity index (χ1v) is 6.74. The summed E-state index contributed by atoms with van der Waals surface area (Å²) in [6.45, 7) is 4.27. The molecule has 0 atom stereocenters. The topological polar surface area (TPSA) is 73.1 Å². The van der Waals surface area contributed by atoms with Crippen molar-refractivity contribution in [3.8, 4) is 5.88 Å². The molecule has 0 aliphatic rings. The zero-order chi connectivity index (χ0) is 14.5. The number of aromatic nitrogens is 2. The molecule has 3 N–H and O–H groups in total. The molecule has 0 amide bonds. The van der Waals surface area contributed by atoms with E-state index in [9.17, 15) is 0 Å². The van der Waals surface area contributed by atoms with Crippen LogP contribution in [0.15, 0.2) is 24.3 Å². The van der Waals surface area contributed by atoms with E-state index < -0.39 is 0 Å². The Morgan fingerprint density at radius 1 is 1.15 bits per heavy atom. The monoisotopic (exact) mass is 272 g/mol. The number of methoxy groups -OCH3 is 1. The van der Waals surface area contributed by atoms with Crippen molar-refractivity contribution in [3.05, 3.63) is 35.4 Å². The third-order valence-electron chi connectivity index (χ3n) is 3.18. The Balaban J connectivity index is 2.41. The number of hydrogen-bond acceptors (Lipinski definition) is 5. The molecule has 1 heterocycles. The average Bonchev–Trinajstić information content (AvgIpc) is 2.46. The molecule has 20 heavy (non-hydrogen) atoms. The SMILES string of the molecule is CCc1cccc(CC)c1Nc1cc(OC)nc(N)n1. The van der Waals surface area contributed by atoms with Gasteiger partial charge in [-0.2, -0.15) is 9.97 Å². The maximum atomic E-state index is 5.69. The first kappa shape index (κ1) is 14.1. The summed E-state index contributed by atoms with van der Waals surface area (Å²) in [7, 11) is 1.56. The van der Waals surface area contributed by atoms with Crippen LogP contribution in [0.1, 0.15) is 25.0 Å². The lowest BCUT2D eigenvalue weighted by atomic mass is 10.0. The molecule has 0 unspecified atom stereocenters. The Kier molecular flexibility index (Phi) is 4.40. The van der Waals surface area contributed by atoms with Crippen molar-refractivity contribution < 1.29 is 4.74 Å². The van der Waals surface area contributed by atoms with Gasteiger partial charge in [-0.25, -0.2) is 0 Å². The molecule has 0 aliphatic carbocycles. The maximum Gasteiger partial charge on any atom is 0.225 e. The van der Waals surface area contributed by atoms with Gasteiger partial charge in [0.25, 0.3) is 0 Å². The molecule has 1 aromatic heterocycles. The number of ether oxygens (including phenoxy) is 1. The molecule has 1 aromatic carbocycles. The van der Waals surface area contributed by atoms with E-state index in [4.69, 9.17) is 10.5 Å². The van der Waals surface area contributed by atoms with Crippen LogP contribution in [-0.2, 0) is 12.8 Å². The Bertz CT molecular complexity index is 576. The number of nitrogens with one attached hydrogen (secondary N) is 1. The van der Waals surface area contributed by atoms with Gasteiger partial charge in [-0.1, -0.05) is 32.0 Å². The third kappa shape index (κ3) is 2.99. The van der Waals surface area contributed by atoms with E-state index in [-0.39, 0.29) is 5.95 Å². The van der Waals surface area contributed by atoms with Gasteiger partial charge in [0.15, 0.2) is 0 Å². The van der Waals surface area contributed by atoms with E-state index in [1.165, 1.54) is 11.1 Å². The fraction of sp³-hybridized carbons (Fsp3) is 0.333. The van der Waals surface area contributed by atoms with Crippen LogP contribution in [0.2, 0.25) is 0 Å². The van der Waals surface area contributed by atoms with Crippen LogP contribution in [0.3, 0.4) is 0 Å². The lowest BCUT2D eigenvalue weighted by molar-refractivity contribution is 0.398. The van der Waals surface area contributed by atoms with Crippen LogP contribution in [-0.4, -0.2) is 17.1 Å². The van der Waals surface area contributed by atoms with Gasteiger partial charge < -0.3 is 15.8 Å². The number of nitrogens with two attached hydrogens (primary N) is 1. The first-order valence-electron chi connectivity index (χ1n) is 6.74. The minimum absolute atomic E-state index is 0.193. The molecule has 0 radical (unpaired) electrons. The molecular formula is C15H20N4O. The van der Waals surface area contributed by atoms with E-state index >= 15 is 0 Å².